The maximum Gasteiger partial charge on any atom is 0.223 e. The molecule has 1 fully saturated rings. The molecule has 0 saturated carbocycles. The molecule has 1 saturated heterocycles. The smallest absolute Gasteiger partial charge is 0.223 e. The van der Waals surface area contributed by atoms with Gasteiger partial charge in [0.05, 0.1) is 5.92 Å². The molecule has 2 amide bonds. The molecule has 23 heavy (non-hydrogen) atoms. The third-order valence-corrected chi connectivity index (χ3v) is 3.89. The van der Waals surface area contributed by atoms with Crippen molar-refractivity contribution in [2.45, 2.75) is 13.0 Å². The predicted molar refractivity (Wildman–Crippen MR) is 85.7 cm³/mol. The molecule has 5 heteroatoms. The van der Waals surface area contributed by atoms with Crippen LogP contribution in [-0.4, -0.2) is 23.3 Å². The number of nitrogens with zero attached hydrogens (tertiary/aromatic N) is 1. The lowest BCUT2D eigenvalue weighted by molar-refractivity contribution is -0.128. The molecule has 1 unspecified atom stereocenters. The number of para-hydroxylation sites is 1. The average molecular weight is 310 g/mol. The number of nitrogens with two attached hydrogens (primary N) is 1. The number of ether oxygens (including phenoxy) is 1. The minimum absolute atomic E-state index is 0.0292. The fourth-order valence-corrected chi connectivity index (χ4v) is 2.62. The standard InChI is InChI=1S/C18H18N2O3/c19-18(22)14-10-17(21)20(12-14)11-13-6-8-16(9-7-13)23-15-4-2-1-3-5-15/h1-9,14H,10-12H2,(H2,19,22). The summed E-state index contributed by atoms with van der Waals surface area (Å²) in [6.45, 7) is 0.880. The number of likely N-dealkylation sites (tertiary alicyclic amines) is 1. The molecule has 3 rings (SSSR count). The van der Waals surface area contributed by atoms with Gasteiger partial charge in [-0.2, -0.15) is 0 Å². The van der Waals surface area contributed by atoms with Gasteiger partial charge in [-0.1, -0.05) is 30.3 Å². The van der Waals surface area contributed by atoms with Gasteiger partial charge >= 0.3 is 0 Å². The summed E-state index contributed by atoms with van der Waals surface area (Å²) in [5.74, 6) is 0.705. The SMILES string of the molecule is NC(=O)C1CC(=O)N(Cc2ccc(Oc3ccccc3)cc2)C1. The zero-order chi connectivity index (χ0) is 16.2. The minimum Gasteiger partial charge on any atom is -0.457 e. The molecule has 1 aliphatic heterocycles. The Morgan fingerprint density at radius 3 is 2.35 bits per heavy atom. The van der Waals surface area contributed by atoms with Gasteiger partial charge in [0, 0.05) is 19.5 Å². The Hall–Kier alpha value is -2.82. The van der Waals surface area contributed by atoms with Crippen molar-refractivity contribution in [3.63, 3.8) is 0 Å². The van der Waals surface area contributed by atoms with Gasteiger partial charge in [-0.25, -0.2) is 0 Å². The van der Waals surface area contributed by atoms with Crippen LogP contribution in [0.2, 0.25) is 0 Å². The van der Waals surface area contributed by atoms with Crippen LogP contribution in [0.25, 0.3) is 0 Å². The normalized spacial score (nSPS) is 17.3. The Labute approximate surface area is 134 Å². The van der Waals surface area contributed by atoms with E-state index in [2.05, 4.69) is 0 Å². The Morgan fingerprint density at radius 2 is 1.74 bits per heavy atom. The van der Waals surface area contributed by atoms with Crippen LogP contribution in [0.1, 0.15) is 12.0 Å². The van der Waals surface area contributed by atoms with Crippen LogP contribution in [0.5, 0.6) is 11.5 Å². The minimum atomic E-state index is -0.410. The molecule has 2 aromatic rings. The molecule has 2 N–H and O–H groups in total. The monoisotopic (exact) mass is 310 g/mol. The first-order chi connectivity index (χ1) is 11.1. The maximum atomic E-state index is 11.9. The van der Waals surface area contributed by atoms with Crippen molar-refractivity contribution in [1.82, 2.24) is 4.90 Å². The van der Waals surface area contributed by atoms with Gasteiger partial charge in [-0.15, -0.1) is 0 Å². The van der Waals surface area contributed by atoms with Crippen molar-refractivity contribution >= 4 is 11.8 Å². The summed E-state index contributed by atoms with van der Waals surface area (Å²) in [6.07, 6.45) is 0.213. The molecule has 1 aliphatic rings. The number of rotatable bonds is 5. The van der Waals surface area contributed by atoms with Crippen molar-refractivity contribution in [2.24, 2.45) is 11.7 Å². The van der Waals surface area contributed by atoms with Crippen LogP contribution < -0.4 is 10.5 Å². The largest absolute Gasteiger partial charge is 0.457 e. The van der Waals surface area contributed by atoms with Crippen molar-refractivity contribution < 1.29 is 14.3 Å². The summed E-state index contributed by atoms with van der Waals surface area (Å²) in [4.78, 5) is 24.8. The third-order valence-electron chi connectivity index (χ3n) is 3.89. The van der Waals surface area contributed by atoms with Crippen molar-refractivity contribution in [2.75, 3.05) is 6.54 Å². The van der Waals surface area contributed by atoms with Crippen LogP contribution in [0.15, 0.2) is 54.6 Å². The first kappa shape index (κ1) is 15.1. The first-order valence-corrected chi connectivity index (χ1v) is 7.51. The number of carbonyl (C=O) groups excluding carboxylic acids is 2. The molecule has 0 aliphatic carbocycles. The lowest BCUT2D eigenvalue weighted by Crippen LogP contribution is -2.28. The number of carbonyl (C=O) groups is 2. The Kier molecular flexibility index (Phi) is 4.28. The van der Waals surface area contributed by atoms with Gasteiger partial charge in [0.2, 0.25) is 11.8 Å². The van der Waals surface area contributed by atoms with E-state index in [0.717, 1.165) is 17.1 Å². The topological polar surface area (TPSA) is 72.6 Å². The second-order valence-electron chi connectivity index (χ2n) is 5.64. The van der Waals surface area contributed by atoms with E-state index >= 15 is 0 Å². The Balaban J connectivity index is 1.62. The van der Waals surface area contributed by atoms with Crippen LogP contribution in [-0.2, 0) is 16.1 Å². The summed E-state index contributed by atoms with van der Waals surface area (Å²) in [6, 6.07) is 17.1. The molecule has 0 radical (unpaired) electrons. The third kappa shape index (κ3) is 3.69. The highest BCUT2D eigenvalue weighted by Gasteiger charge is 2.32. The van der Waals surface area contributed by atoms with Gasteiger partial charge in [-0.05, 0) is 29.8 Å². The maximum absolute atomic E-state index is 11.9. The van der Waals surface area contributed by atoms with E-state index in [1.807, 2.05) is 54.6 Å². The second kappa shape index (κ2) is 6.52. The number of primary amides is 1. The van der Waals surface area contributed by atoms with Gasteiger partial charge in [-0.3, -0.25) is 9.59 Å². The van der Waals surface area contributed by atoms with Crippen molar-refractivity contribution in [3.05, 3.63) is 60.2 Å². The van der Waals surface area contributed by atoms with E-state index in [0.29, 0.717) is 13.1 Å². The number of amides is 2. The Morgan fingerprint density at radius 1 is 1.09 bits per heavy atom. The van der Waals surface area contributed by atoms with E-state index in [9.17, 15) is 9.59 Å². The molecule has 5 nitrogen and oxygen atoms in total. The highest BCUT2D eigenvalue weighted by molar-refractivity contribution is 5.88. The highest BCUT2D eigenvalue weighted by Crippen LogP contribution is 2.23. The van der Waals surface area contributed by atoms with E-state index in [1.54, 1.807) is 4.90 Å². The average Bonchev–Trinajstić information content (AvgIpc) is 2.92. The molecule has 0 aromatic heterocycles. The van der Waals surface area contributed by atoms with Gasteiger partial charge in [0.15, 0.2) is 0 Å². The molecule has 1 heterocycles. The molecule has 118 valence electrons. The second-order valence-corrected chi connectivity index (χ2v) is 5.64. The molecule has 2 aromatic carbocycles. The first-order valence-electron chi connectivity index (χ1n) is 7.51. The molecule has 1 atom stereocenters. The number of benzene rings is 2. The lowest BCUT2D eigenvalue weighted by atomic mass is 10.1. The molecule has 0 bridgehead atoms. The van der Waals surface area contributed by atoms with Crippen LogP contribution in [0.4, 0.5) is 0 Å². The molecular formula is C18H18N2O3. The summed E-state index contributed by atoms with van der Waals surface area (Å²) in [7, 11) is 0. The van der Waals surface area contributed by atoms with E-state index in [1.165, 1.54) is 0 Å². The fraction of sp³-hybridized carbons (Fsp3) is 0.222. The van der Waals surface area contributed by atoms with Gasteiger partial charge in [0.25, 0.3) is 0 Å². The quantitative estimate of drug-likeness (QED) is 0.921. The summed E-state index contributed by atoms with van der Waals surface area (Å²) >= 11 is 0. The van der Waals surface area contributed by atoms with E-state index in [4.69, 9.17) is 10.5 Å². The fourth-order valence-electron chi connectivity index (χ4n) is 2.62. The van der Waals surface area contributed by atoms with Crippen molar-refractivity contribution in [1.29, 1.82) is 0 Å². The van der Waals surface area contributed by atoms with Crippen molar-refractivity contribution in [3.8, 4) is 11.5 Å². The summed E-state index contributed by atoms with van der Waals surface area (Å²) in [5.41, 5.74) is 6.26. The predicted octanol–water partition coefficient (Wildman–Crippen LogP) is 2.31. The zero-order valence-electron chi connectivity index (χ0n) is 12.6. The van der Waals surface area contributed by atoms with Crippen LogP contribution in [0.3, 0.4) is 0 Å². The molecule has 0 spiro atoms. The van der Waals surface area contributed by atoms with E-state index < -0.39 is 5.91 Å². The summed E-state index contributed by atoms with van der Waals surface area (Å²) < 4.78 is 5.73. The van der Waals surface area contributed by atoms with E-state index in [-0.39, 0.29) is 18.2 Å². The van der Waals surface area contributed by atoms with Crippen LogP contribution in [0, 0.1) is 5.92 Å². The van der Waals surface area contributed by atoms with Gasteiger partial charge in [0.1, 0.15) is 11.5 Å². The lowest BCUT2D eigenvalue weighted by Gasteiger charge is -2.16. The number of hydrogen-bond acceptors (Lipinski definition) is 3. The van der Waals surface area contributed by atoms with Gasteiger partial charge < -0.3 is 15.4 Å². The highest BCUT2D eigenvalue weighted by atomic mass is 16.5. The zero-order valence-corrected chi connectivity index (χ0v) is 12.6. The number of hydrogen-bond donors (Lipinski definition) is 1. The summed E-state index contributed by atoms with van der Waals surface area (Å²) in [5, 5.41) is 0. The molecular weight excluding hydrogens is 292 g/mol. The Bertz CT molecular complexity index is 698. The van der Waals surface area contributed by atoms with Crippen LogP contribution >= 0.6 is 0 Å².